The van der Waals surface area contributed by atoms with Crippen LogP contribution in [0.2, 0.25) is 0 Å². The van der Waals surface area contributed by atoms with Crippen molar-refractivity contribution in [3.63, 3.8) is 0 Å². The van der Waals surface area contributed by atoms with Gasteiger partial charge in [0.25, 0.3) is 0 Å². The van der Waals surface area contributed by atoms with E-state index in [1.54, 1.807) is 0 Å². The van der Waals surface area contributed by atoms with Gasteiger partial charge >= 0.3 is 6.18 Å². The van der Waals surface area contributed by atoms with Crippen molar-refractivity contribution in [3.8, 4) is 0 Å². The summed E-state index contributed by atoms with van der Waals surface area (Å²) in [5, 5.41) is 0. The molecule has 3 N–H and O–H groups in total. The van der Waals surface area contributed by atoms with Crippen molar-refractivity contribution in [1.82, 2.24) is 5.43 Å². The molecule has 5 heteroatoms. The van der Waals surface area contributed by atoms with Gasteiger partial charge in [0.15, 0.2) is 0 Å². The molecule has 88 valence electrons. The van der Waals surface area contributed by atoms with Crippen molar-refractivity contribution in [1.29, 1.82) is 0 Å². The third-order valence-corrected chi connectivity index (χ3v) is 3.08. The van der Waals surface area contributed by atoms with Crippen molar-refractivity contribution in [2.45, 2.75) is 31.0 Å². The highest BCUT2D eigenvalue weighted by Gasteiger charge is 2.42. The highest BCUT2D eigenvalue weighted by molar-refractivity contribution is 5.39. The summed E-state index contributed by atoms with van der Waals surface area (Å²) in [5.41, 5.74) is 4.01. The van der Waals surface area contributed by atoms with Crippen LogP contribution in [0.4, 0.5) is 13.2 Å². The second-order valence-corrected chi connectivity index (χ2v) is 4.10. The van der Waals surface area contributed by atoms with Gasteiger partial charge in [0.2, 0.25) is 0 Å². The van der Waals surface area contributed by atoms with Gasteiger partial charge in [-0.15, -0.1) is 0 Å². The average Bonchev–Trinajstić information content (AvgIpc) is 2.18. The summed E-state index contributed by atoms with van der Waals surface area (Å²) in [6.45, 7) is 0. The van der Waals surface area contributed by atoms with Crippen LogP contribution in [0, 0.1) is 0 Å². The Balaban J connectivity index is 2.03. The number of fused-ring (bicyclic) bond motifs is 1. The van der Waals surface area contributed by atoms with Crippen LogP contribution >= 0.6 is 0 Å². The van der Waals surface area contributed by atoms with Gasteiger partial charge in [-0.25, -0.2) is 5.43 Å². The van der Waals surface area contributed by atoms with E-state index < -0.39 is 12.2 Å². The van der Waals surface area contributed by atoms with Crippen molar-refractivity contribution in [2.75, 3.05) is 0 Å². The minimum atomic E-state index is -4.28. The van der Waals surface area contributed by atoms with Crippen LogP contribution in [0.3, 0.4) is 0 Å². The number of nitrogens with one attached hydrogen (secondary N) is 1. The zero-order chi connectivity index (χ0) is 11.8. The molecule has 0 radical (unpaired) electrons. The molecule has 0 saturated carbocycles. The van der Waals surface area contributed by atoms with Crippen LogP contribution in [0.15, 0.2) is 24.3 Å². The Morgan fingerprint density at radius 3 is 2.62 bits per heavy atom. The fraction of sp³-hybridized carbons (Fsp3) is 0.455. The molecule has 0 heterocycles. The summed E-state index contributed by atoms with van der Waals surface area (Å²) in [6.07, 6.45) is -3.55. The van der Waals surface area contributed by atoms with Gasteiger partial charge in [0.05, 0.1) is 0 Å². The van der Waals surface area contributed by atoms with Gasteiger partial charge in [0, 0.05) is 0 Å². The molecule has 0 spiro atoms. The Hall–Kier alpha value is -1.07. The van der Waals surface area contributed by atoms with E-state index in [1.165, 1.54) is 0 Å². The van der Waals surface area contributed by atoms with E-state index in [1.807, 2.05) is 29.7 Å². The maximum absolute atomic E-state index is 12.5. The largest absolute Gasteiger partial charge is 0.405 e. The van der Waals surface area contributed by atoms with E-state index >= 15 is 0 Å². The van der Waals surface area contributed by atoms with Crippen LogP contribution < -0.4 is 11.3 Å². The summed E-state index contributed by atoms with van der Waals surface area (Å²) >= 11 is 0. The summed E-state index contributed by atoms with van der Waals surface area (Å²) < 4.78 is 37.4. The van der Waals surface area contributed by atoms with E-state index in [9.17, 15) is 13.2 Å². The molecular weight excluding hydrogens is 217 g/mol. The Labute approximate surface area is 91.6 Å². The zero-order valence-corrected chi connectivity index (χ0v) is 8.59. The van der Waals surface area contributed by atoms with Gasteiger partial charge in [-0.05, 0) is 29.9 Å². The average molecular weight is 230 g/mol. The normalized spacial score (nSPS) is 21.1. The Bertz CT molecular complexity index is 376. The van der Waals surface area contributed by atoms with Crippen molar-refractivity contribution in [2.24, 2.45) is 5.84 Å². The summed E-state index contributed by atoms with van der Waals surface area (Å²) in [7, 11) is 0. The maximum atomic E-state index is 12.5. The number of alkyl halides is 3. The second kappa shape index (κ2) is 4.07. The number of hydrogen-bond acceptors (Lipinski definition) is 2. The van der Waals surface area contributed by atoms with Gasteiger partial charge < -0.3 is 0 Å². The quantitative estimate of drug-likeness (QED) is 0.616. The first kappa shape index (κ1) is 11.4. The molecule has 1 aromatic rings. The fourth-order valence-electron chi connectivity index (χ4n) is 2.15. The minimum Gasteiger partial charge on any atom is -0.271 e. The molecule has 0 fully saturated rings. The molecule has 1 aromatic carbocycles. The summed E-state index contributed by atoms with van der Waals surface area (Å²) in [6, 6.07) is 5.96. The first-order valence-electron chi connectivity index (χ1n) is 5.13. The third kappa shape index (κ3) is 2.05. The predicted molar refractivity (Wildman–Crippen MR) is 54.7 cm³/mol. The van der Waals surface area contributed by atoms with Crippen molar-refractivity contribution < 1.29 is 13.2 Å². The number of nitrogens with two attached hydrogens (primary N) is 1. The van der Waals surface area contributed by atoms with Crippen LogP contribution in [0.25, 0.3) is 0 Å². The van der Waals surface area contributed by atoms with Gasteiger partial charge in [-0.1, -0.05) is 24.3 Å². The smallest absolute Gasteiger partial charge is 0.271 e. The summed E-state index contributed by atoms with van der Waals surface area (Å²) in [4.78, 5) is 0. The van der Waals surface area contributed by atoms with Crippen LogP contribution in [-0.4, -0.2) is 12.2 Å². The zero-order valence-electron chi connectivity index (χ0n) is 8.59. The van der Waals surface area contributed by atoms with Gasteiger partial charge in [-0.3, -0.25) is 5.84 Å². The van der Waals surface area contributed by atoms with E-state index in [2.05, 4.69) is 0 Å². The number of rotatable bonds is 3. The van der Waals surface area contributed by atoms with Gasteiger partial charge in [0.1, 0.15) is 6.04 Å². The molecule has 16 heavy (non-hydrogen) atoms. The molecule has 1 aliphatic carbocycles. The SMILES string of the molecule is NNC(CC1Cc2ccccc21)C(F)(F)F. The van der Waals surface area contributed by atoms with Crippen LogP contribution in [0.5, 0.6) is 0 Å². The molecule has 2 nitrogen and oxygen atoms in total. The van der Waals surface area contributed by atoms with Crippen molar-refractivity contribution >= 4 is 0 Å². The van der Waals surface area contributed by atoms with E-state index in [0.717, 1.165) is 11.1 Å². The monoisotopic (exact) mass is 230 g/mol. The lowest BCUT2D eigenvalue weighted by molar-refractivity contribution is -0.158. The molecule has 2 unspecified atom stereocenters. The molecular formula is C11H13F3N2. The molecule has 2 rings (SSSR count). The topological polar surface area (TPSA) is 38.0 Å². The Morgan fingerprint density at radius 2 is 2.06 bits per heavy atom. The highest BCUT2D eigenvalue weighted by Crippen LogP contribution is 2.40. The first-order chi connectivity index (χ1) is 7.52. The molecule has 0 aromatic heterocycles. The molecule has 1 aliphatic rings. The first-order valence-corrected chi connectivity index (χ1v) is 5.13. The lowest BCUT2D eigenvalue weighted by Gasteiger charge is -2.33. The highest BCUT2D eigenvalue weighted by atomic mass is 19.4. The standard InChI is InChI=1S/C11H13F3N2/c12-11(13,14)10(16-15)6-8-5-7-3-1-2-4-9(7)8/h1-4,8,10,16H,5-6,15H2. The Kier molecular flexibility index (Phi) is 2.90. The summed E-state index contributed by atoms with van der Waals surface area (Å²) in [5.74, 6) is 4.91. The predicted octanol–water partition coefficient (Wildman–Crippen LogP) is 2.11. The molecule has 0 amide bonds. The number of halogens is 3. The van der Waals surface area contributed by atoms with Crippen LogP contribution in [0.1, 0.15) is 23.5 Å². The van der Waals surface area contributed by atoms with Gasteiger partial charge in [-0.2, -0.15) is 13.2 Å². The number of benzene rings is 1. The lowest BCUT2D eigenvalue weighted by Crippen LogP contribution is -2.47. The third-order valence-electron chi connectivity index (χ3n) is 3.08. The minimum absolute atomic E-state index is 0.0109. The maximum Gasteiger partial charge on any atom is 0.405 e. The van der Waals surface area contributed by atoms with Crippen molar-refractivity contribution in [3.05, 3.63) is 35.4 Å². The van der Waals surface area contributed by atoms with E-state index in [0.29, 0.717) is 6.42 Å². The van der Waals surface area contributed by atoms with E-state index in [-0.39, 0.29) is 12.3 Å². The number of hydrogen-bond donors (Lipinski definition) is 2. The molecule has 0 saturated heterocycles. The Morgan fingerprint density at radius 1 is 1.38 bits per heavy atom. The molecule has 2 atom stereocenters. The molecule has 0 aliphatic heterocycles. The second-order valence-electron chi connectivity index (χ2n) is 4.10. The van der Waals surface area contributed by atoms with Crippen LogP contribution in [-0.2, 0) is 6.42 Å². The number of hydrazine groups is 1. The van der Waals surface area contributed by atoms with E-state index in [4.69, 9.17) is 5.84 Å². The fourth-order valence-corrected chi connectivity index (χ4v) is 2.15. The lowest BCUT2D eigenvalue weighted by atomic mass is 9.74. The molecule has 0 bridgehead atoms.